The highest BCUT2D eigenvalue weighted by atomic mass is 16.4. The Morgan fingerprint density at radius 2 is 2.11 bits per heavy atom. The molecular formula is C20H26N4O3. The molecule has 0 spiro atoms. The van der Waals surface area contributed by atoms with E-state index in [4.69, 9.17) is 0 Å². The summed E-state index contributed by atoms with van der Waals surface area (Å²) in [6.07, 6.45) is 5.32. The standard InChI is InChI=1S/C20H26N4O3/c1-21-18(14-24(10-11-25)20(26)27)15-6-8-23(9-7-15)19-13-22-12-16-4-2-3-5-17(16)19/h2-5,11-13,15,18,21H,6-10,14H2,1H3,(H,26,27). The number of aldehydes is 1. The van der Waals surface area contributed by atoms with Gasteiger partial charge >= 0.3 is 6.09 Å². The Morgan fingerprint density at radius 1 is 1.37 bits per heavy atom. The number of anilines is 1. The van der Waals surface area contributed by atoms with Crippen molar-refractivity contribution in [1.29, 1.82) is 0 Å². The van der Waals surface area contributed by atoms with Crippen LogP contribution in [0.15, 0.2) is 36.7 Å². The van der Waals surface area contributed by atoms with Crippen LogP contribution in [-0.2, 0) is 4.79 Å². The number of carbonyl (C=O) groups excluding carboxylic acids is 1. The van der Waals surface area contributed by atoms with E-state index in [0.717, 1.165) is 37.0 Å². The van der Waals surface area contributed by atoms with E-state index in [2.05, 4.69) is 27.3 Å². The Morgan fingerprint density at radius 3 is 2.78 bits per heavy atom. The molecule has 144 valence electrons. The van der Waals surface area contributed by atoms with Crippen molar-refractivity contribution >= 4 is 28.8 Å². The van der Waals surface area contributed by atoms with Gasteiger partial charge in [0, 0.05) is 42.6 Å². The maximum atomic E-state index is 11.3. The Hall–Kier alpha value is -2.67. The van der Waals surface area contributed by atoms with E-state index in [1.165, 1.54) is 10.3 Å². The molecule has 0 bridgehead atoms. The number of hydrogen-bond donors (Lipinski definition) is 2. The quantitative estimate of drug-likeness (QED) is 0.727. The van der Waals surface area contributed by atoms with Gasteiger partial charge in [0.25, 0.3) is 0 Å². The van der Waals surface area contributed by atoms with E-state index in [0.29, 0.717) is 18.7 Å². The highest BCUT2D eigenvalue weighted by Crippen LogP contribution is 2.30. The molecule has 1 aromatic carbocycles. The van der Waals surface area contributed by atoms with Gasteiger partial charge in [0.1, 0.15) is 6.29 Å². The summed E-state index contributed by atoms with van der Waals surface area (Å²) < 4.78 is 0. The third-order valence-electron chi connectivity index (χ3n) is 5.45. The van der Waals surface area contributed by atoms with Crippen LogP contribution in [0.1, 0.15) is 12.8 Å². The molecule has 27 heavy (non-hydrogen) atoms. The molecule has 2 aromatic rings. The second-order valence-electron chi connectivity index (χ2n) is 6.95. The van der Waals surface area contributed by atoms with Crippen LogP contribution < -0.4 is 10.2 Å². The topological polar surface area (TPSA) is 85.8 Å². The monoisotopic (exact) mass is 370 g/mol. The minimum Gasteiger partial charge on any atom is -0.465 e. The summed E-state index contributed by atoms with van der Waals surface area (Å²) in [6, 6.07) is 8.30. The number of pyridine rings is 1. The van der Waals surface area contributed by atoms with E-state index in [9.17, 15) is 14.7 Å². The second kappa shape index (κ2) is 8.81. The molecule has 1 atom stereocenters. The predicted molar refractivity (Wildman–Crippen MR) is 105 cm³/mol. The van der Waals surface area contributed by atoms with Gasteiger partial charge < -0.3 is 20.1 Å². The third kappa shape index (κ3) is 4.36. The lowest BCUT2D eigenvalue weighted by atomic mass is 9.88. The van der Waals surface area contributed by atoms with Crippen molar-refractivity contribution in [3.63, 3.8) is 0 Å². The fourth-order valence-electron chi connectivity index (χ4n) is 3.93. The zero-order valence-electron chi connectivity index (χ0n) is 15.5. The number of carbonyl (C=O) groups is 2. The number of nitrogens with zero attached hydrogens (tertiary/aromatic N) is 3. The van der Waals surface area contributed by atoms with Crippen LogP contribution >= 0.6 is 0 Å². The average Bonchev–Trinajstić information content (AvgIpc) is 2.71. The van der Waals surface area contributed by atoms with Gasteiger partial charge in [0.05, 0.1) is 18.4 Å². The molecule has 1 unspecified atom stereocenters. The molecule has 0 radical (unpaired) electrons. The SMILES string of the molecule is CNC(CN(CC=O)C(=O)O)C1CCN(c2cncc3ccccc23)CC1. The van der Waals surface area contributed by atoms with E-state index >= 15 is 0 Å². The molecule has 7 heteroatoms. The molecule has 0 aliphatic carbocycles. The lowest BCUT2D eigenvalue weighted by Crippen LogP contribution is -2.49. The Labute approximate surface area is 159 Å². The number of carboxylic acid groups (broad SMARTS) is 1. The van der Waals surface area contributed by atoms with Gasteiger partial charge in [0.2, 0.25) is 0 Å². The maximum absolute atomic E-state index is 11.3. The summed E-state index contributed by atoms with van der Waals surface area (Å²) in [5.41, 5.74) is 1.15. The number of fused-ring (bicyclic) bond motifs is 1. The fraction of sp³-hybridized carbons (Fsp3) is 0.450. The van der Waals surface area contributed by atoms with Crippen LogP contribution in [0.4, 0.5) is 10.5 Å². The van der Waals surface area contributed by atoms with Crippen molar-refractivity contribution in [2.75, 3.05) is 38.1 Å². The first kappa shape index (κ1) is 19.1. The number of piperidine rings is 1. The first-order valence-electron chi connectivity index (χ1n) is 9.30. The van der Waals surface area contributed by atoms with Gasteiger partial charge in [0.15, 0.2) is 0 Å². The van der Waals surface area contributed by atoms with Crippen molar-refractivity contribution in [3.05, 3.63) is 36.7 Å². The zero-order valence-corrected chi connectivity index (χ0v) is 15.5. The highest BCUT2D eigenvalue weighted by molar-refractivity contribution is 5.93. The molecule has 1 aliphatic rings. The van der Waals surface area contributed by atoms with Crippen molar-refractivity contribution in [1.82, 2.24) is 15.2 Å². The van der Waals surface area contributed by atoms with Crippen LogP contribution in [0.25, 0.3) is 10.8 Å². The largest absolute Gasteiger partial charge is 0.465 e. The van der Waals surface area contributed by atoms with E-state index in [-0.39, 0.29) is 12.6 Å². The van der Waals surface area contributed by atoms with Gasteiger partial charge in [-0.2, -0.15) is 0 Å². The molecule has 1 amide bonds. The number of amides is 1. The fourth-order valence-corrected chi connectivity index (χ4v) is 3.93. The van der Waals surface area contributed by atoms with Crippen LogP contribution in [0.5, 0.6) is 0 Å². The highest BCUT2D eigenvalue weighted by Gasteiger charge is 2.29. The first-order chi connectivity index (χ1) is 13.1. The number of benzene rings is 1. The minimum atomic E-state index is -1.05. The van der Waals surface area contributed by atoms with Crippen molar-refractivity contribution in [2.24, 2.45) is 5.92 Å². The predicted octanol–water partition coefficient (Wildman–Crippen LogP) is 2.22. The van der Waals surface area contributed by atoms with Crippen LogP contribution in [-0.4, -0.2) is 66.6 Å². The molecule has 2 N–H and O–H groups in total. The molecule has 7 nitrogen and oxygen atoms in total. The molecule has 2 heterocycles. The van der Waals surface area contributed by atoms with E-state index in [1.807, 2.05) is 31.6 Å². The smallest absolute Gasteiger partial charge is 0.407 e. The number of nitrogens with one attached hydrogen (secondary N) is 1. The van der Waals surface area contributed by atoms with E-state index < -0.39 is 6.09 Å². The molecule has 0 saturated carbocycles. The van der Waals surface area contributed by atoms with E-state index in [1.54, 1.807) is 0 Å². The van der Waals surface area contributed by atoms with Gasteiger partial charge in [-0.15, -0.1) is 0 Å². The molecular weight excluding hydrogens is 344 g/mol. The molecule has 1 fully saturated rings. The van der Waals surface area contributed by atoms with Crippen LogP contribution in [0.3, 0.4) is 0 Å². The summed E-state index contributed by atoms with van der Waals surface area (Å²) in [4.78, 5) is 30.0. The number of likely N-dealkylation sites (N-methyl/N-ethyl adjacent to an activating group) is 1. The maximum Gasteiger partial charge on any atom is 0.407 e. The Balaban J connectivity index is 1.66. The molecule has 1 aliphatic heterocycles. The average molecular weight is 370 g/mol. The lowest BCUT2D eigenvalue weighted by Gasteiger charge is -2.38. The minimum absolute atomic E-state index is 0.0360. The number of rotatable bonds is 7. The summed E-state index contributed by atoms with van der Waals surface area (Å²) in [5, 5.41) is 14.9. The number of aromatic nitrogens is 1. The number of hydrogen-bond acceptors (Lipinski definition) is 5. The molecule has 1 saturated heterocycles. The first-order valence-corrected chi connectivity index (χ1v) is 9.30. The second-order valence-corrected chi connectivity index (χ2v) is 6.95. The van der Waals surface area contributed by atoms with Crippen molar-refractivity contribution in [2.45, 2.75) is 18.9 Å². The summed E-state index contributed by atoms with van der Waals surface area (Å²) in [6.45, 7) is 2.04. The lowest BCUT2D eigenvalue weighted by molar-refractivity contribution is -0.108. The summed E-state index contributed by atoms with van der Waals surface area (Å²) in [5.74, 6) is 0.364. The van der Waals surface area contributed by atoms with Crippen LogP contribution in [0.2, 0.25) is 0 Å². The Kier molecular flexibility index (Phi) is 6.24. The molecule has 3 rings (SSSR count). The third-order valence-corrected chi connectivity index (χ3v) is 5.45. The molecule has 1 aromatic heterocycles. The van der Waals surface area contributed by atoms with Crippen molar-refractivity contribution < 1.29 is 14.7 Å². The van der Waals surface area contributed by atoms with Gasteiger partial charge in [-0.3, -0.25) is 9.88 Å². The van der Waals surface area contributed by atoms with Crippen molar-refractivity contribution in [3.8, 4) is 0 Å². The van der Waals surface area contributed by atoms with Gasteiger partial charge in [-0.25, -0.2) is 4.79 Å². The zero-order chi connectivity index (χ0) is 19.2. The van der Waals surface area contributed by atoms with Crippen LogP contribution in [0, 0.1) is 5.92 Å². The van der Waals surface area contributed by atoms with Gasteiger partial charge in [-0.1, -0.05) is 24.3 Å². The Bertz CT molecular complexity index is 784. The normalized spacial score (nSPS) is 16.3. The summed E-state index contributed by atoms with van der Waals surface area (Å²) in [7, 11) is 1.85. The van der Waals surface area contributed by atoms with Gasteiger partial charge in [-0.05, 0) is 25.8 Å². The summed E-state index contributed by atoms with van der Waals surface area (Å²) >= 11 is 0.